The molecule has 0 radical (unpaired) electrons. The summed E-state index contributed by atoms with van der Waals surface area (Å²) in [6.45, 7) is 6.13. The summed E-state index contributed by atoms with van der Waals surface area (Å²) in [6, 6.07) is 16.1. The van der Waals surface area contributed by atoms with Crippen molar-refractivity contribution >= 4 is 45.6 Å². The van der Waals surface area contributed by atoms with E-state index in [-0.39, 0.29) is 11.5 Å². The van der Waals surface area contributed by atoms with Gasteiger partial charge in [0.1, 0.15) is 11.3 Å². The number of ether oxygens (including phenoxy) is 1. The number of primary amides is 1. The summed E-state index contributed by atoms with van der Waals surface area (Å²) >= 11 is 6.06. The number of allylic oxidation sites excluding steroid dienone is 1. The second-order valence-corrected chi connectivity index (χ2v) is 8.51. The SMILES string of the molecule is CCOc1c(/C(C)=C/C(=O)Nc2ccccc2C(N)=O)cc2c(-c3ccc(Cl)cc3)coc2c1C. The quantitative estimate of drug-likeness (QED) is 0.286. The number of benzene rings is 3. The predicted molar refractivity (Wildman–Crippen MR) is 140 cm³/mol. The molecule has 0 saturated heterocycles. The summed E-state index contributed by atoms with van der Waals surface area (Å²) < 4.78 is 11.9. The van der Waals surface area contributed by atoms with E-state index in [0.29, 0.717) is 28.6 Å². The van der Waals surface area contributed by atoms with Crippen LogP contribution in [-0.4, -0.2) is 18.4 Å². The fraction of sp³-hybridized carbons (Fsp3) is 0.143. The number of anilines is 1. The Morgan fingerprint density at radius 1 is 1.11 bits per heavy atom. The molecule has 3 N–H and O–H groups in total. The van der Waals surface area contributed by atoms with Crippen LogP contribution in [0, 0.1) is 6.92 Å². The van der Waals surface area contributed by atoms with E-state index in [1.54, 1.807) is 30.5 Å². The summed E-state index contributed by atoms with van der Waals surface area (Å²) in [5, 5.41) is 4.30. The molecule has 4 rings (SSSR count). The molecule has 7 heteroatoms. The molecule has 0 aliphatic rings. The highest BCUT2D eigenvalue weighted by Gasteiger charge is 2.19. The number of carbonyl (C=O) groups is 2. The van der Waals surface area contributed by atoms with Gasteiger partial charge >= 0.3 is 0 Å². The topological polar surface area (TPSA) is 94.6 Å². The van der Waals surface area contributed by atoms with Crippen LogP contribution >= 0.6 is 11.6 Å². The number of carbonyl (C=O) groups excluding carboxylic acids is 2. The van der Waals surface area contributed by atoms with Crippen molar-refractivity contribution in [2.24, 2.45) is 5.73 Å². The van der Waals surface area contributed by atoms with Gasteiger partial charge in [0, 0.05) is 33.2 Å². The van der Waals surface area contributed by atoms with Crippen LogP contribution < -0.4 is 15.8 Å². The Kier molecular flexibility index (Phi) is 6.94. The third-order valence-electron chi connectivity index (χ3n) is 5.71. The van der Waals surface area contributed by atoms with Gasteiger partial charge < -0.3 is 20.2 Å². The maximum atomic E-state index is 12.8. The number of nitrogens with two attached hydrogens (primary N) is 1. The van der Waals surface area contributed by atoms with Crippen molar-refractivity contribution in [3.63, 3.8) is 0 Å². The Hall–Kier alpha value is -4.03. The van der Waals surface area contributed by atoms with Crippen LogP contribution in [-0.2, 0) is 4.79 Å². The zero-order valence-corrected chi connectivity index (χ0v) is 20.4. The Bertz CT molecular complexity index is 1450. The zero-order valence-electron chi connectivity index (χ0n) is 19.6. The van der Waals surface area contributed by atoms with Gasteiger partial charge in [0.05, 0.1) is 24.1 Å². The van der Waals surface area contributed by atoms with Gasteiger partial charge in [-0.25, -0.2) is 0 Å². The number of amides is 2. The van der Waals surface area contributed by atoms with Crippen LogP contribution in [0.5, 0.6) is 5.75 Å². The first kappa shape index (κ1) is 24.1. The number of halogens is 1. The third-order valence-corrected chi connectivity index (χ3v) is 5.96. The number of fused-ring (bicyclic) bond motifs is 1. The van der Waals surface area contributed by atoms with E-state index in [4.69, 9.17) is 26.5 Å². The lowest BCUT2D eigenvalue weighted by Crippen LogP contribution is -2.17. The van der Waals surface area contributed by atoms with Crippen molar-refractivity contribution in [2.45, 2.75) is 20.8 Å². The monoisotopic (exact) mass is 488 g/mol. The minimum absolute atomic E-state index is 0.241. The highest BCUT2D eigenvalue weighted by molar-refractivity contribution is 6.30. The van der Waals surface area contributed by atoms with Gasteiger partial charge in [-0.15, -0.1) is 0 Å². The Morgan fingerprint density at radius 3 is 2.51 bits per heavy atom. The Morgan fingerprint density at radius 2 is 1.83 bits per heavy atom. The first-order chi connectivity index (χ1) is 16.8. The lowest BCUT2D eigenvalue weighted by atomic mass is 9.96. The molecular formula is C28H25ClN2O4. The number of para-hydroxylation sites is 1. The van der Waals surface area contributed by atoms with Crippen LogP contribution in [0.1, 0.15) is 35.3 Å². The standard InChI is InChI=1S/C28H25ClN2O4/c1-4-34-26-17(3)27-22(23(15-35-27)18-9-11-19(29)12-10-18)14-21(26)16(2)13-25(32)31-24-8-6-5-7-20(24)28(30)33/h5-15H,4H2,1-3H3,(H2,30,33)(H,31,32)/b16-13+. The van der Waals surface area contributed by atoms with Crippen LogP contribution in [0.2, 0.25) is 5.02 Å². The normalized spacial score (nSPS) is 11.5. The molecule has 0 fully saturated rings. The summed E-state index contributed by atoms with van der Waals surface area (Å²) in [5.74, 6) is -0.353. The van der Waals surface area contributed by atoms with Gasteiger partial charge in [-0.05, 0) is 62.2 Å². The zero-order chi connectivity index (χ0) is 25.1. The molecule has 0 unspecified atom stereocenters. The van der Waals surface area contributed by atoms with E-state index in [0.717, 1.165) is 33.2 Å². The van der Waals surface area contributed by atoms with Gasteiger partial charge in [0.2, 0.25) is 5.91 Å². The molecular weight excluding hydrogens is 464 g/mol. The van der Waals surface area contributed by atoms with Crippen LogP contribution in [0.4, 0.5) is 5.69 Å². The molecule has 6 nitrogen and oxygen atoms in total. The van der Waals surface area contributed by atoms with Crippen LogP contribution in [0.15, 0.2) is 71.4 Å². The molecule has 35 heavy (non-hydrogen) atoms. The Labute approximate surface area is 208 Å². The van der Waals surface area contributed by atoms with Gasteiger partial charge in [0.25, 0.3) is 5.91 Å². The molecule has 0 atom stereocenters. The first-order valence-electron chi connectivity index (χ1n) is 11.1. The fourth-order valence-electron chi connectivity index (χ4n) is 4.04. The van der Waals surface area contributed by atoms with Crippen molar-refractivity contribution in [1.82, 2.24) is 0 Å². The maximum Gasteiger partial charge on any atom is 0.250 e. The van der Waals surface area contributed by atoms with Gasteiger partial charge in [0.15, 0.2) is 0 Å². The van der Waals surface area contributed by atoms with Crippen molar-refractivity contribution in [3.8, 4) is 16.9 Å². The number of nitrogens with one attached hydrogen (secondary N) is 1. The number of hydrogen-bond donors (Lipinski definition) is 2. The summed E-state index contributed by atoms with van der Waals surface area (Å²) in [4.78, 5) is 24.5. The van der Waals surface area contributed by atoms with E-state index >= 15 is 0 Å². The maximum absolute atomic E-state index is 12.8. The van der Waals surface area contributed by atoms with Crippen LogP contribution in [0.25, 0.3) is 27.7 Å². The molecule has 0 aliphatic heterocycles. The van der Waals surface area contributed by atoms with E-state index in [1.165, 1.54) is 6.08 Å². The average molecular weight is 489 g/mol. The molecule has 0 bridgehead atoms. The van der Waals surface area contributed by atoms with E-state index in [1.807, 2.05) is 51.1 Å². The number of hydrogen-bond acceptors (Lipinski definition) is 4. The number of rotatable bonds is 7. The van der Waals surface area contributed by atoms with E-state index in [9.17, 15) is 9.59 Å². The summed E-state index contributed by atoms with van der Waals surface area (Å²) in [6.07, 6.45) is 3.19. The fourth-order valence-corrected chi connectivity index (χ4v) is 4.17. The molecule has 178 valence electrons. The summed E-state index contributed by atoms with van der Waals surface area (Å²) in [7, 11) is 0. The molecule has 1 heterocycles. The minimum Gasteiger partial charge on any atom is -0.493 e. The molecule has 0 saturated carbocycles. The van der Waals surface area contributed by atoms with Crippen molar-refractivity contribution in [3.05, 3.63) is 88.6 Å². The van der Waals surface area contributed by atoms with E-state index < -0.39 is 5.91 Å². The first-order valence-corrected chi connectivity index (χ1v) is 11.5. The lowest BCUT2D eigenvalue weighted by Gasteiger charge is -2.15. The highest BCUT2D eigenvalue weighted by Crippen LogP contribution is 2.41. The minimum atomic E-state index is -0.615. The largest absolute Gasteiger partial charge is 0.493 e. The second-order valence-electron chi connectivity index (χ2n) is 8.07. The molecule has 2 amide bonds. The van der Waals surface area contributed by atoms with Gasteiger partial charge in [-0.2, -0.15) is 0 Å². The molecule has 4 aromatic rings. The van der Waals surface area contributed by atoms with Crippen molar-refractivity contribution < 1.29 is 18.7 Å². The smallest absolute Gasteiger partial charge is 0.250 e. The third kappa shape index (κ3) is 4.93. The predicted octanol–water partition coefficient (Wildman–Crippen LogP) is 6.60. The van der Waals surface area contributed by atoms with Crippen molar-refractivity contribution in [2.75, 3.05) is 11.9 Å². The second kappa shape index (κ2) is 10.1. The lowest BCUT2D eigenvalue weighted by molar-refractivity contribution is -0.111. The molecule has 0 spiro atoms. The highest BCUT2D eigenvalue weighted by atomic mass is 35.5. The van der Waals surface area contributed by atoms with Crippen molar-refractivity contribution in [1.29, 1.82) is 0 Å². The van der Waals surface area contributed by atoms with E-state index in [2.05, 4.69) is 5.32 Å². The van der Waals surface area contributed by atoms with Crippen LogP contribution in [0.3, 0.4) is 0 Å². The van der Waals surface area contributed by atoms with Gasteiger partial charge in [-0.3, -0.25) is 9.59 Å². The average Bonchev–Trinajstić information content (AvgIpc) is 3.25. The summed E-state index contributed by atoms with van der Waals surface area (Å²) in [5.41, 5.74) is 10.9. The molecule has 1 aromatic heterocycles. The molecule has 0 aliphatic carbocycles. The number of aryl methyl sites for hydroxylation is 1. The number of furan rings is 1. The Balaban J connectivity index is 1.77. The molecule has 3 aromatic carbocycles. The van der Waals surface area contributed by atoms with Gasteiger partial charge in [-0.1, -0.05) is 35.9 Å².